The van der Waals surface area contributed by atoms with E-state index in [1.54, 1.807) is 24.3 Å². The van der Waals surface area contributed by atoms with Crippen molar-refractivity contribution in [3.63, 3.8) is 0 Å². The lowest BCUT2D eigenvalue weighted by Crippen LogP contribution is -2.26. The van der Waals surface area contributed by atoms with Crippen LogP contribution in [0.1, 0.15) is 59.8 Å². The molecule has 0 saturated heterocycles. The Kier molecular flexibility index (Phi) is 4.95. The standard InChI is InChI=1S/C19H20N2O/c1-13(2)16-7-9-17(10-8-16)14(3)21-19(22)18-6-4-5-15(11-18)12-20/h4-11,13-14H,1-3H3,(H,21,22). The summed E-state index contributed by atoms with van der Waals surface area (Å²) < 4.78 is 0. The minimum atomic E-state index is -0.169. The summed E-state index contributed by atoms with van der Waals surface area (Å²) in [5.41, 5.74) is 3.34. The normalized spacial score (nSPS) is 11.8. The van der Waals surface area contributed by atoms with Gasteiger partial charge in [-0.25, -0.2) is 0 Å². The van der Waals surface area contributed by atoms with E-state index in [4.69, 9.17) is 5.26 Å². The zero-order valence-electron chi connectivity index (χ0n) is 13.1. The van der Waals surface area contributed by atoms with Crippen LogP contribution in [0.25, 0.3) is 0 Å². The number of hydrogen-bond donors (Lipinski definition) is 1. The fourth-order valence-corrected chi connectivity index (χ4v) is 2.26. The highest BCUT2D eigenvalue weighted by atomic mass is 16.1. The molecule has 2 rings (SSSR count). The second kappa shape index (κ2) is 6.91. The smallest absolute Gasteiger partial charge is 0.251 e. The van der Waals surface area contributed by atoms with Crippen LogP contribution in [0, 0.1) is 11.3 Å². The molecular weight excluding hydrogens is 272 g/mol. The number of nitriles is 1. The average molecular weight is 292 g/mol. The average Bonchev–Trinajstić information content (AvgIpc) is 2.54. The van der Waals surface area contributed by atoms with E-state index in [-0.39, 0.29) is 11.9 Å². The van der Waals surface area contributed by atoms with Gasteiger partial charge in [0.15, 0.2) is 0 Å². The van der Waals surface area contributed by atoms with Gasteiger partial charge in [0.05, 0.1) is 17.7 Å². The number of nitrogens with zero attached hydrogens (tertiary/aromatic N) is 1. The zero-order valence-corrected chi connectivity index (χ0v) is 13.1. The molecule has 2 aromatic rings. The van der Waals surface area contributed by atoms with Gasteiger partial charge in [0.2, 0.25) is 0 Å². The van der Waals surface area contributed by atoms with Crippen molar-refractivity contribution in [2.24, 2.45) is 0 Å². The fourth-order valence-electron chi connectivity index (χ4n) is 2.26. The lowest BCUT2D eigenvalue weighted by atomic mass is 9.99. The van der Waals surface area contributed by atoms with Gasteiger partial charge >= 0.3 is 0 Å². The Morgan fingerprint density at radius 1 is 1.05 bits per heavy atom. The molecule has 1 N–H and O–H groups in total. The highest BCUT2D eigenvalue weighted by molar-refractivity contribution is 5.94. The van der Waals surface area contributed by atoms with Gasteiger partial charge in [0.25, 0.3) is 5.91 Å². The Bertz CT molecular complexity index is 696. The molecular formula is C19H20N2O. The quantitative estimate of drug-likeness (QED) is 0.919. The van der Waals surface area contributed by atoms with Gasteiger partial charge in [-0.05, 0) is 42.2 Å². The third kappa shape index (κ3) is 3.73. The second-order valence-electron chi connectivity index (χ2n) is 5.71. The van der Waals surface area contributed by atoms with Crippen molar-refractivity contribution in [2.45, 2.75) is 32.7 Å². The van der Waals surface area contributed by atoms with Crippen LogP contribution in [0.5, 0.6) is 0 Å². The van der Waals surface area contributed by atoms with Crippen molar-refractivity contribution in [3.8, 4) is 6.07 Å². The minimum absolute atomic E-state index is 0.0838. The molecule has 0 spiro atoms. The van der Waals surface area contributed by atoms with Gasteiger partial charge < -0.3 is 5.32 Å². The molecule has 3 heteroatoms. The minimum Gasteiger partial charge on any atom is -0.346 e. The summed E-state index contributed by atoms with van der Waals surface area (Å²) in [5, 5.41) is 11.9. The van der Waals surface area contributed by atoms with Gasteiger partial charge in [0, 0.05) is 5.56 Å². The van der Waals surface area contributed by atoms with Crippen LogP contribution in [-0.4, -0.2) is 5.91 Å². The molecule has 0 aliphatic heterocycles. The van der Waals surface area contributed by atoms with Crippen molar-refractivity contribution < 1.29 is 4.79 Å². The van der Waals surface area contributed by atoms with Crippen LogP contribution >= 0.6 is 0 Å². The molecule has 0 aliphatic rings. The first-order chi connectivity index (χ1) is 10.5. The third-order valence-corrected chi connectivity index (χ3v) is 3.70. The molecule has 112 valence electrons. The highest BCUT2D eigenvalue weighted by Crippen LogP contribution is 2.19. The van der Waals surface area contributed by atoms with Crippen molar-refractivity contribution in [2.75, 3.05) is 0 Å². The molecule has 1 atom stereocenters. The van der Waals surface area contributed by atoms with E-state index < -0.39 is 0 Å². The van der Waals surface area contributed by atoms with Gasteiger partial charge in [-0.3, -0.25) is 4.79 Å². The van der Waals surface area contributed by atoms with E-state index in [0.29, 0.717) is 17.0 Å². The molecule has 3 nitrogen and oxygen atoms in total. The van der Waals surface area contributed by atoms with E-state index in [0.717, 1.165) is 5.56 Å². The van der Waals surface area contributed by atoms with Crippen LogP contribution in [0.2, 0.25) is 0 Å². The third-order valence-electron chi connectivity index (χ3n) is 3.70. The first kappa shape index (κ1) is 15.8. The van der Waals surface area contributed by atoms with E-state index in [9.17, 15) is 4.79 Å². The summed E-state index contributed by atoms with van der Waals surface area (Å²) in [6, 6.07) is 17.0. The van der Waals surface area contributed by atoms with Crippen LogP contribution in [0.15, 0.2) is 48.5 Å². The monoisotopic (exact) mass is 292 g/mol. The maximum atomic E-state index is 12.3. The van der Waals surface area contributed by atoms with E-state index in [1.165, 1.54) is 5.56 Å². The summed E-state index contributed by atoms with van der Waals surface area (Å²) in [6.07, 6.45) is 0. The Hall–Kier alpha value is -2.60. The molecule has 0 aliphatic carbocycles. The first-order valence-corrected chi connectivity index (χ1v) is 7.42. The summed E-state index contributed by atoms with van der Waals surface area (Å²) >= 11 is 0. The van der Waals surface area contributed by atoms with Crippen LogP contribution in [0.3, 0.4) is 0 Å². The molecule has 0 fully saturated rings. The zero-order chi connectivity index (χ0) is 16.1. The maximum Gasteiger partial charge on any atom is 0.251 e. The molecule has 0 radical (unpaired) electrons. The van der Waals surface area contributed by atoms with E-state index in [1.807, 2.05) is 25.1 Å². The fraction of sp³-hybridized carbons (Fsp3) is 0.263. The largest absolute Gasteiger partial charge is 0.346 e. The molecule has 0 heterocycles. The predicted octanol–water partition coefficient (Wildman–Crippen LogP) is 4.17. The first-order valence-electron chi connectivity index (χ1n) is 7.42. The molecule has 0 bridgehead atoms. The van der Waals surface area contributed by atoms with Crippen LogP contribution in [-0.2, 0) is 0 Å². The molecule has 0 saturated carbocycles. The van der Waals surface area contributed by atoms with Crippen LogP contribution in [0.4, 0.5) is 0 Å². The number of carbonyl (C=O) groups is 1. The Morgan fingerprint density at radius 2 is 1.68 bits per heavy atom. The van der Waals surface area contributed by atoms with Gasteiger partial charge in [-0.2, -0.15) is 5.26 Å². The number of rotatable bonds is 4. The summed E-state index contributed by atoms with van der Waals surface area (Å²) in [7, 11) is 0. The van der Waals surface area contributed by atoms with Crippen molar-refractivity contribution in [3.05, 3.63) is 70.8 Å². The number of carbonyl (C=O) groups excluding carboxylic acids is 1. The number of nitrogens with one attached hydrogen (secondary N) is 1. The van der Waals surface area contributed by atoms with Gasteiger partial charge in [0.1, 0.15) is 0 Å². The summed E-state index contributed by atoms with van der Waals surface area (Å²) in [6.45, 7) is 6.27. The van der Waals surface area contributed by atoms with Gasteiger partial charge in [-0.1, -0.05) is 44.2 Å². The molecule has 0 aromatic heterocycles. The molecule has 22 heavy (non-hydrogen) atoms. The van der Waals surface area contributed by atoms with Crippen molar-refractivity contribution in [1.29, 1.82) is 5.26 Å². The maximum absolute atomic E-state index is 12.3. The highest BCUT2D eigenvalue weighted by Gasteiger charge is 2.12. The predicted molar refractivity (Wildman–Crippen MR) is 87.6 cm³/mol. The number of hydrogen-bond acceptors (Lipinski definition) is 2. The summed E-state index contributed by atoms with van der Waals surface area (Å²) in [5.74, 6) is 0.324. The van der Waals surface area contributed by atoms with Crippen molar-refractivity contribution in [1.82, 2.24) is 5.32 Å². The lowest BCUT2D eigenvalue weighted by molar-refractivity contribution is 0.0940. The SMILES string of the molecule is CC(C)c1ccc(C(C)NC(=O)c2cccc(C#N)c2)cc1. The Morgan fingerprint density at radius 3 is 2.27 bits per heavy atom. The molecule has 1 amide bonds. The Balaban J connectivity index is 2.09. The lowest BCUT2D eigenvalue weighted by Gasteiger charge is -2.15. The van der Waals surface area contributed by atoms with Crippen LogP contribution < -0.4 is 5.32 Å². The summed E-state index contributed by atoms with van der Waals surface area (Å²) in [4.78, 5) is 12.3. The van der Waals surface area contributed by atoms with Gasteiger partial charge in [-0.15, -0.1) is 0 Å². The topological polar surface area (TPSA) is 52.9 Å². The number of amides is 1. The Labute approximate surface area is 131 Å². The van der Waals surface area contributed by atoms with Crippen molar-refractivity contribution >= 4 is 5.91 Å². The van der Waals surface area contributed by atoms with E-state index >= 15 is 0 Å². The number of benzene rings is 2. The molecule has 1 unspecified atom stereocenters. The molecule has 2 aromatic carbocycles. The second-order valence-corrected chi connectivity index (χ2v) is 5.71. The van der Waals surface area contributed by atoms with E-state index in [2.05, 4.69) is 31.3 Å².